The van der Waals surface area contributed by atoms with Crippen LogP contribution in [0.25, 0.3) is 10.9 Å². The smallest absolute Gasteiger partial charge is 0.0547 e. The number of hydrogen-bond donors (Lipinski definition) is 1. The Morgan fingerprint density at radius 3 is 3.00 bits per heavy atom. The molecule has 0 aliphatic carbocycles. The van der Waals surface area contributed by atoms with Crippen molar-refractivity contribution in [3.05, 3.63) is 30.5 Å². The van der Waals surface area contributed by atoms with E-state index in [1.165, 1.54) is 0 Å². The molecule has 0 fully saturated rings. The number of rotatable bonds is 0. The Hall–Kier alpha value is -1.44. The second-order valence-corrected chi connectivity index (χ2v) is 2.28. The molecular weight excluding hydrogens is 124 g/mol. The molecule has 10 heavy (non-hydrogen) atoms. The van der Waals surface area contributed by atoms with Gasteiger partial charge in [0, 0.05) is 17.1 Å². The molecule has 0 saturated carbocycles. The molecule has 0 unspecified atom stereocenters. The van der Waals surface area contributed by atoms with Crippen LogP contribution in [0, 0.1) is 0 Å². The SMILES string of the molecule is [NH]c1ccc2[nH]ccc2c1. The predicted molar refractivity (Wildman–Crippen MR) is 41.1 cm³/mol. The van der Waals surface area contributed by atoms with Crippen molar-refractivity contribution in [3.63, 3.8) is 0 Å². The lowest BCUT2D eigenvalue weighted by atomic mass is 10.2. The van der Waals surface area contributed by atoms with Crippen molar-refractivity contribution in [1.29, 1.82) is 0 Å². The summed E-state index contributed by atoms with van der Waals surface area (Å²) in [5.41, 5.74) is 8.96. The summed E-state index contributed by atoms with van der Waals surface area (Å²) in [6.45, 7) is 0. The lowest BCUT2D eigenvalue weighted by Gasteiger charge is -1.89. The third-order valence-electron chi connectivity index (χ3n) is 1.55. The fraction of sp³-hybridized carbons (Fsp3) is 0. The van der Waals surface area contributed by atoms with Crippen LogP contribution in [-0.4, -0.2) is 4.98 Å². The summed E-state index contributed by atoms with van der Waals surface area (Å²) < 4.78 is 0. The lowest BCUT2D eigenvalue weighted by Crippen LogP contribution is -1.68. The van der Waals surface area contributed by atoms with Gasteiger partial charge in [0.1, 0.15) is 0 Å². The van der Waals surface area contributed by atoms with Gasteiger partial charge in [0.25, 0.3) is 0 Å². The normalized spacial score (nSPS) is 10.4. The van der Waals surface area contributed by atoms with E-state index < -0.39 is 0 Å². The van der Waals surface area contributed by atoms with Crippen LogP contribution >= 0.6 is 0 Å². The first kappa shape index (κ1) is 5.35. The molecular formula is C8H7N2. The third-order valence-corrected chi connectivity index (χ3v) is 1.55. The highest BCUT2D eigenvalue weighted by Gasteiger charge is 1.91. The van der Waals surface area contributed by atoms with Gasteiger partial charge in [0.05, 0.1) is 5.69 Å². The molecule has 0 bridgehead atoms. The Morgan fingerprint density at radius 2 is 2.10 bits per heavy atom. The van der Waals surface area contributed by atoms with E-state index >= 15 is 0 Å². The maximum absolute atomic E-state index is 7.30. The monoisotopic (exact) mass is 131 g/mol. The molecule has 2 rings (SSSR count). The molecule has 1 radical (unpaired) electrons. The fourth-order valence-corrected chi connectivity index (χ4v) is 1.05. The molecule has 0 amide bonds. The number of fused-ring (bicyclic) bond motifs is 1. The average molecular weight is 131 g/mol. The van der Waals surface area contributed by atoms with Crippen LogP contribution < -0.4 is 5.73 Å². The van der Waals surface area contributed by atoms with Crippen molar-refractivity contribution in [2.75, 3.05) is 0 Å². The highest BCUT2D eigenvalue weighted by molar-refractivity contribution is 5.81. The van der Waals surface area contributed by atoms with Gasteiger partial charge in [-0.25, -0.2) is 0 Å². The van der Waals surface area contributed by atoms with Crippen molar-refractivity contribution < 1.29 is 0 Å². The van der Waals surface area contributed by atoms with Gasteiger partial charge in [0.15, 0.2) is 0 Å². The Kier molecular flexibility index (Phi) is 0.947. The molecule has 0 aliphatic rings. The molecule has 2 nitrogen and oxygen atoms in total. The molecule has 49 valence electrons. The summed E-state index contributed by atoms with van der Waals surface area (Å²) in [5.74, 6) is 0. The molecule has 1 aromatic heterocycles. The number of aromatic amines is 1. The molecule has 1 aromatic carbocycles. The third kappa shape index (κ3) is 0.658. The van der Waals surface area contributed by atoms with E-state index in [2.05, 4.69) is 4.98 Å². The molecule has 0 aliphatic heterocycles. The predicted octanol–water partition coefficient (Wildman–Crippen LogP) is 2.08. The highest BCUT2D eigenvalue weighted by atomic mass is 14.7. The lowest BCUT2D eigenvalue weighted by molar-refractivity contribution is 1.46. The van der Waals surface area contributed by atoms with Gasteiger partial charge < -0.3 is 10.7 Å². The van der Waals surface area contributed by atoms with Gasteiger partial charge in [0.2, 0.25) is 0 Å². The number of benzene rings is 1. The summed E-state index contributed by atoms with van der Waals surface area (Å²) in [4.78, 5) is 3.06. The number of H-pyrrole nitrogens is 1. The summed E-state index contributed by atoms with van der Waals surface area (Å²) in [6.07, 6.45) is 1.88. The minimum atomic E-state index is 0.562. The maximum Gasteiger partial charge on any atom is 0.0547 e. The molecule has 2 aromatic rings. The van der Waals surface area contributed by atoms with Crippen LogP contribution in [0.3, 0.4) is 0 Å². The minimum Gasteiger partial charge on any atom is -0.361 e. The van der Waals surface area contributed by atoms with Crippen molar-refractivity contribution in [2.45, 2.75) is 0 Å². The van der Waals surface area contributed by atoms with Crippen molar-refractivity contribution in [1.82, 2.24) is 10.7 Å². The standard InChI is InChI=1S/C8H7N2/c9-7-1-2-8-6(5-7)3-4-10-8/h1-5,9-10H. The topological polar surface area (TPSA) is 39.6 Å². The number of aromatic nitrogens is 1. The van der Waals surface area contributed by atoms with E-state index in [-0.39, 0.29) is 0 Å². The van der Waals surface area contributed by atoms with Gasteiger partial charge in [-0.15, -0.1) is 0 Å². The van der Waals surface area contributed by atoms with Gasteiger partial charge in [-0.05, 0) is 24.3 Å². The maximum atomic E-state index is 7.30. The first-order valence-electron chi connectivity index (χ1n) is 3.15. The minimum absolute atomic E-state index is 0.562. The molecule has 0 saturated heterocycles. The number of hydrogen-bond acceptors (Lipinski definition) is 0. The molecule has 0 spiro atoms. The second kappa shape index (κ2) is 1.77. The van der Waals surface area contributed by atoms with E-state index in [1.807, 2.05) is 24.4 Å². The summed E-state index contributed by atoms with van der Waals surface area (Å²) in [5, 5.41) is 1.10. The Labute approximate surface area is 58.7 Å². The molecule has 2 heteroatoms. The van der Waals surface area contributed by atoms with Gasteiger partial charge in [-0.3, -0.25) is 0 Å². The van der Waals surface area contributed by atoms with Gasteiger partial charge in [-0.1, -0.05) is 0 Å². The first-order chi connectivity index (χ1) is 4.86. The van der Waals surface area contributed by atoms with Crippen LogP contribution in [0.5, 0.6) is 0 Å². The first-order valence-corrected chi connectivity index (χ1v) is 3.15. The van der Waals surface area contributed by atoms with E-state index in [0.717, 1.165) is 10.9 Å². The Balaban J connectivity index is 2.86. The fourth-order valence-electron chi connectivity index (χ4n) is 1.05. The second-order valence-electron chi connectivity index (χ2n) is 2.28. The average Bonchev–Trinajstić information content (AvgIpc) is 2.33. The molecule has 0 atom stereocenters. The van der Waals surface area contributed by atoms with E-state index in [4.69, 9.17) is 5.73 Å². The van der Waals surface area contributed by atoms with Gasteiger partial charge in [-0.2, -0.15) is 0 Å². The zero-order valence-corrected chi connectivity index (χ0v) is 5.39. The van der Waals surface area contributed by atoms with E-state index in [1.54, 1.807) is 6.07 Å². The zero-order valence-electron chi connectivity index (χ0n) is 5.39. The van der Waals surface area contributed by atoms with Crippen LogP contribution in [0.1, 0.15) is 0 Å². The van der Waals surface area contributed by atoms with Crippen LogP contribution in [0.2, 0.25) is 0 Å². The summed E-state index contributed by atoms with van der Waals surface area (Å²) >= 11 is 0. The van der Waals surface area contributed by atoms with Crippen molar-refractivity contribution in [2.24, 2.45) is 0 Å². The van der Waals surface area contributed by atoms with E-state index in [9.17, 15) is 0 Å². The van der Waals surface area contributed by atoms with Crippen LogP contribution in [0.4, 0.5) is 5.69 Å². The largest absolute Gasteiger partial charge is 0.361 e. The van der Waals surface area contributed by atoms with Crippen molar-refractivity contribution >= 4 is 16.6 Å². The highest BCUT2D eigenvalue weighted by Crippen LogP contribution is 2.15. The zero-order chi connectivity index (χ0) is 6.97. The van der Waals surface area contributed by atoms with E-state index in [0.29, 0.717) is 5.69 Å². The summed E-state index contributed by atoms with van der Waals surface area (Å²) in [7, 11) is 0. The van der Waals surface area contributed by atoms with Crippen molar-refractivity contribution in [3.8, 4) is 0 Å². The molecule has 1 heterocycles. The molecule has 2 N–H and O–H groups in total. The summed E-state index contributed by atoms with van der Waals surface area (Å²) in [6, 6.07) is 7.50. The number of nitrogens with one attached hydrogen (secondary N) is 2. The Morgan fingerprint density at radius 1 is 1.20 bits per heavy atom. The van der Waals surface area contributed by atoms with Crippen LogP contribution in [-0.2, 0) is 0 Å². The quantitative estimate of drug-likeness (QED) is 0.568. The Bertz CT molecular complexity index is 349. The van der Waals surface area contributed by atoms with Crippen LogP contribution in [0.15, 0.2) is 30.5 Å². The van der Waals surface area contributed by atoms with Gasteiger partial charge >= 0.3 is 0 Å².